The van der Waals surface area contributed by atoms with Gasteiger partial charge in [-0.15, -0.1) is 0 Å². The Morgan fingerprint density at radius 3 is 2.63 bits per heavy atom. The highest BCUT2D eigenvalue weighted by Crippen LogP contribution is 2.41. The van der Waals surface area contributed by atoms with Crippen LogP contribution in [0.15, 0.2) is 12.4 Å². The molecule has 1 aliphatic heterocycles. The Hall–Kier alpha value is -2.72. The van der Waals surface area contributed by atoms with Crippen molar-refractivity contribution >= 4 is 5.82 Å². The fourth-order valence-electron chi connectivity index (χ4n) is 3.80. The van der Waals surface area contributed by atoms with Crippen molar-refractivity contribution < 1.29 is 9.47 Å². The molecule has 2 N–H and O–H groups in total. The van der Waals surface area contributed by atoms with Crippen molar-refractivity contribution in [3.63, 3.8) is 0 Å². The predicted molar refractivity (Wildman–Crippen MR) is 102 cm³/mol. The highest BCUT2D eigenvalue weighted by Gasteiger charge is 2.33. The Labute approximate surface area is 159 Å². The van der Waals surface area contributed by atoms with E-state index in [4.69, 9.17) is 15.2 Å². The lowest BCUT2D eigenvalue weighted by molar-refractivity contribution is -0.0598. The van der Waals surface area contributed by atoms with Crippen molar-refractivity contribution in [3.05, 3.63) is 29.2 Å². The first-order valence-corrected chi connectivity index (χ1v) is 9.13. The molecule has 0 aliphatic carbocycles. The van der Waals surface area contributed by atoms with E-state index in [9.17, 15) is 5.26 Å². The third kappa shape index (κ3) is 3.71. The van der Waals surface area contributed by atoms with Crippen molar-refractivity contribution in [3.8, 4) is 23.2 Å². The van der Waals surface area contributed by atoms with Gasteiger partial charge in [0, 0.05) is 41.7 Å². The Kier molecular flexibility index (Phi) is 5.29. The number of pyridine rings is 1. The number of nitrogens with zero attached hydrogens (tertiary/aromatic N) is 4. The Morgan fingerprint density at radius 2 is 2.07 bits per heavy atom. The zero-order valence-electron chi connectivity index (χ0n) is 16.2. The first kappa shape index (κ1) is 19.1. The summed E-state index contributed by atoms with van der Waals surface area (Å²) in [6.45, 7) is 6.94. The van der Waals surface area contributed by atoms with Gasteiger partial charge in [-0.1, -0.05) is 6.92 Å². The second-order valence-corrected chi connectivity index (χ2v) is 7.33. The summed E-state index contributed by atoms with van der Waals surface area (Å²) in [6.07, 6.45) is 5.80. The van der Waals surface area contributed by atoms with Crippen molar-refractivity contribution in [2.24, 2.45) is 0 Å². The molecule has 0 radical (unpaired) electrons. The maximum atomic E-state index is 9.71. The van der Waals surface area contributed by atoms with Gasteiger partial charge in [0.2, 0.25) is 0 Å². The summed E-state index contributed by atoms with van der Waals surface area (Å²) in [5.74, 6) is 0.483. The molecule has 1 saturated heterocycles. The van der Waals surface area contributed by atoms with E-state index in [2.05, 4.69) is 41.8 Å². The smallest absolute Gasteiger partial charge is 0.316 e. The zero-order chi connectivity index (χ0) is 19.6. The van der Waals surface area contributed by atoms with Crippen molar-refractivity contribution in [1.29, 1.82) is 5.26 Å². The number of ether oxygens (including phenoxy) is 2. The molecule has 3 rings (SSSR count). The summed E-state index contributed by atoms with van der Waals surface area (Å²) in [7, 11) is 1.52. The van der Waals surface area contributed by atoms with Gasteiger partial charge in [-0.2, -0.15) is 5.26 Å². The van der Waals surface area contributed by atoms with Crippen LogP contribution in [-0.4, -0.2) is 34.3 Å². The fraction of sp³-hybridized carbons (Fsp3) is 0.500. The quantitative estimate of drug-likeness (QED) is 0.884. The molecule has 27 heavy (non-hydrogen) atoms. The molecule has 142 valence electrons. The third-order valence-electron chi connectivity index (χ3n) is 5.01. The molecular weight excluding hydrogens is 342 g/mol. The number of nitriles is 1. The van der Waals surface area contributed by atoms with E-state index in [0.717, 1.165) is 41.6 Å². The van der Waals surface area contributed by atoms with Gasteiger partial charge in [-0.05, 0) is 38.7 Å². The van der Waals surface area contributed by atoms with E-state index >= 15 is 0 Å². The molecule has 7 heteroatoms. The molecule has 2 aromatic heterocycles. The van der Waals surface area contributed by atoms with Gasteiger partial charge < -0.3 is 15.2 Å². The van der Waals surface area contributed by atoms with Gasteiger partial charge in [-0.3, -0.25) is 0 Å². The van der Waals surface area contributed by atoms with Crippen LogP contribution in [0.25, 0.3) is 11.1 Å². The van der Waals surface area contributed by atoms with E-state index in [0.29, 0.717) is 12.2 Å². The summed E-state index contributed by atoms with van der Waals surface area (Å²) in [5.41, 5.74) is 9.85. The second-order valence-electron chi connectivity index (χ2n) is 7.33. The molecule has 0 bridgehead atoms. The molecule has 1 fully saturated rings. The van der Waals surface area contributed by atoms with E-state index in [1.807, 2.05) is 0 Å². The standard InChI is InChI=1S/C20H25N5O2/c1-5-14-16(13-10-23-19(26-4)24-11-13)15(9-21)18(22)25-17(14)12-6-7-27-20(2,3)8-12/h10-12H,5-8H2,1-4H3,(H2,22,25)/t12-/m0/s1. The first-order chi connectivity index (χ1) is 12.9. The Morgan fingerprint density at radius 1 is 1.37 bits per heavy atom. The molecule has 0 unspecified atom stereocenters. The van der Waals surface area contributed by atoms with Gasteiger partial charge in [0.05, 0.1) is 12.7 Å². The molecule has 0 amide bonds. The van der Waals surface area contributed by atoms with Crippen molar-refractivity contribution in [2.45, 2.75) is 51.6 Å². The summed E-state index contributed by atoms with van der Waals surface area (Å²) >= 11 is 0. The van der Waals surface area contributed by atoms with Crippen LogP contribution in [0, 0.1) is 11.3 Å². The normalized spacial score (nSPS) is 18.7. The van der Waals surface area contributed by atoms with E-state index in [-0.39, 0.29) is 23.3 Å². The van der Waals surface area contributed by atoms with E-state index < -0.39 is 0 Å². The van der Waals surface area contributed by atoms with Gasteiger partial charge in [0.1, 0.15) is 17.5 Å². The monoisotopic (exact) mass is 367 g/mol. The minimum Gasteiger partial charge on any atom is -0.467 e. The maximum Gasteiger partial charge on any atom is 0.316 e. The van der Waals surface area contributed by atoms with Gasteiger partial charge in [0.25, 0.3) is 0 Å². The number of anilines is 1. The van der Waals surface area contributed by atoms with Crippen molar-refractivity contribution in [2.75, 3.05) is 19.5 Å². The van der Waals surface area contributed by atoms with Crippen LogP contribution < -0.4 is 10.5 Å². The topological polar surface area (TPSA) is 107 Å². The largest absolute Gasteiger partial charge is 0.467 e. The summed E-state index contributed by atoms with van der Waals surface area (Å²) in [6, 6.07) is 2.49. The highest BCUT2D eigenvalue weighted by molar-refractivity contribution is 5.78. The van der Waals surface area contributed by atoms with Crippen LogP contribution in [0.5, 0.6) is 6.01 Å². The number of methoxy groups -OCH3 is 1. The first-order valence-electron chi connectivity index (χ1n) is 9.13. The van der Waals surface area contributed by atoms with Crippen LogP contribution in [-0.2, 0) is 11.2 Å². The van der Waals surface area contributed by atoms with Crippen LogP contribution in [0.1, 0.15) is 56.4 Å². The van der Waals surface area contributed by atoms with Crippen LogP contribution in [0.3, 0.4) is 0 Å². The van der Waals surface area contributed by atoms with Crippen LogP contribution in [0.4, 0.5) is 5.82 Å². The molecule has 7 nitrogen and oxygen atoms in total. The zero-order valence-corrected chi connectivity index (χ0v) is 16.2. The molecule has 2 aromatic rings. The number of nitrogen functional groups attached to an aromatic ring is 1. The summed E-state index contributed by atoms with van der Waals surface area (Å²) in [4.78, 5) is 13.0. The Balaban J connectivity index is 2.19. The average molecular weight is 367 g/mol. The molecular formula is C20H25N5O2. The lowest BCUT2D eigenvalue weighted by atomic mass is 9.81. The lowest BCUT2D eigenvalue weighted by Gasteiger charge is -2.36. The number of hydrogen-bond donors (Lipinski definition) is 1. The molecule has 1 aliphatic rings. The number of hydrogen-bond acceptors (Lipinski definition) is 7. The van der Waals surface area contributed by atoms with Gasteiger partial charge in [0.15, 0.2) is 0 Å². The number of nitrogens with two attached hydrogens (primary N) is 1. The van der Waals surface area contributed by atoms with E-state index in [1.165, 1.54) is 7.11 Å². The minimum atomic E-state index is -0.207. The van der Waals surface area contributed by atoms with Gasteiger partial charge >= 0.3 is 6.01 Å². The lowest BCUT2D eigenvalue weighted by Crippen LogP contribution is -2.33. The predicted octanol–water partition coefficient (Wildman–Crippen LogP) is 3.24. The Bertz CT molecular complexity index is 871. The SMILES string of the molecule is CCc1c([C@H]2CCOC(C)(C)C2)nc(N)c(C#N)c1-c1cnc(OC)nc1. The molecule has 0 aromatic carbocycles. The van der Waals surface area contributed by atoms with Crippen molar-refractivity contribution in [1.82, 2.24) is 15.0 Å². The second kappa shape index (κ2) is 7.49. The average Bonchev–Trinajstić information content (AvgIpc) is 2.66. The molecule has 1 atom stereocenters. The summed E-state index contributed by atoms with van der Waals surface area (Å²) < 4.78 is 10.9. The molecule has 0 spiro atoms. The summed E-state index contributed by atoms with van der Waals surface area (Å²) in [5, 5.41) is 9.71. The van der Waals surface area contributed by atoms with E-state index in [1.54, 1.807) is 12.4 Å². The van der Waals surface area contributed by atoms with Crippen LogP contribution in [0.2, 0.25) is 0 Å². The fourth-order valence-corrected chi connectivity index (χ4v) is 3.80. The number of rotatable bonds is 4. The van der Waals surface area contributed by atoms with Crippen LogP contribution >= 0.6 is 0 Å². The third-order valence-corrected chi connectivity index (χ3v) is 5.01. The molecule has 0 saturated carbocycles. The maximum absolute atomic E-state index is 9.71. The van der Waals surface area contributed by atoms with Gasteiger partial charge in [-0.25, -0.2) is 15.0 Å². The number of aromatic nitrogens is 3. The minimum absolute atomic E-state index is 0.207. The highest BCUT2D eigenvalue weighted by atomic mass is 16.5. The molecule has 3 heterocycles.